The van der Waals surface area contributed by atoms with Gasteiger partial charge in [-0.05, 0) is 110 Å². The van der Waals surface area contributed by atoms with Crippen LogP contribution in [-0.4, -0.2) is 11.2 Å². The molecule has 1 N–H and O–H groups in total. The molecule has 1 nitrogen and oxygen atoms in total. The molecule has 1 unspecified atom stereocenters. The maximum absolute atomic E-state index is 10.2. The predicted octanol–water partition coefficient (Wildman–Crippen LogP) is 8.02. The molecule has 9 atom stereocenters. The summed E-state index contributed by atoms with van der Waals surface area (Å²) in [5.74, 6) is 6.31. The molecule has 0 saturated heterocycles. The highest BCUT2D eigenvalue weighted by atomic mass is 16.3. The smallest absolute Gasteiger partial charge is 0.0577 e. The Morgan fingerprint density at radius 2 is 1.77 bits per heavy atom. The normalized spacial score (nSPS) is 45.3. The highest BCUT2D eigenvalue weighted by molar-refractivity contribution is 5.25. The first-order valence-electron chi connectivity index (χ1n) is 13.6. The Hall–Kier alpha value is -0.300. The second kappa shape index (κ2) is 8.57. The number of hydrogen-bond acceptors (Lipinski definition) is 1. The summed E-state index contributed by atoms with van der Waals surface area (Å²) in [6.45, 7) is 15.1. The minimum atomic E-state index is -0.0794. The van der Waals surface area contributed by atoms with Crippen molar-refractivity contribution in [2.75, 3.05) is 0 Å². The summed E-state index contributed by atoms with van der Waals surface area (Å²) in [6.07, 6.45) is 17.1. The molecule has 0 bridgehead atoms. The van der Waals surface area contributed by atoms with Gasteiger partial charge < -0.3 is 5.11 Å². The summed E-state index contributed by atoms with van der Waals surface area (Å²) in [4.78, 5) is 0. The van der Waals surface area contributed by atoms with E-state index in [-0.39, 0.29) is 6.10 Å². The van der Waals surface area contributed by atoms with Gasteiger partial charge in [-0.15, -0.1) is 0 Å². The van der Waals surface area contributed by atoms with E-state index in [1.54, 1.807) is 5.57 Å². The molecule has 3 fully saturated rings. The van der Waals surface area contributed by atoms with Crippen molar-refractivity contribution in [2.45, 2.75) is 118 Å². The van der Waals surface area contributed by atoms with Crippen LogP contribution in [0.4, 0.5) is 0 Å². The Morgan fingerprint density at radius 3 is 2.47 bits per heavy atom. The van der Waals surface area contributed by atoms with Gasteiger partial charge in [-0.2, -0.15) is 0 Å². The van der Waals surface area contributed by atoms with Gasteiger partial charge >= 0.3 is 0 Å². The van der Waals surface area contributed by atoms with Crippen molar-refractivity contribution in [3.05, 3.63) is 11.6 Å². The Bertz CT molecular complexity index is 634. The molecule has 0 spiro atoms. The molecule has 0 aliphatic heterocycles. The predicted molar refractivity (Wildman–Crippen MR) is 128 cm³/mol. The maximum atomic E-state index is 10.2. The molecular formula is C29H50O. The van der Waals surface area contributed by atoms with Crippen LogP contribution in [0.2, 0.25) is 0 Å². The van der Waals surface area contributed by atoms with Gasteiger partial charge in [0.25, 0.3) is 0 Å². The quantitative estimate of drug-likeness (QED) is 0.436. The fourth-order valence-corrected chi connectivity index (χ4v) is 9.30. The lowest BCUT2D eigenvalue weighted by Gasteiger charge is -2.58. The maximum Gasteiger partial charge on any atom is 0.0577 e. The minimum absolute atomic E-state index is 0.0794. The first-order chi connectivity index (χ1) is 14.2. The van der Waals surface area contributed by atoms with Crippen LogP contribution in [-0.2, 0) is 0 Å². The summed E-state index contributed by atoms with van der Waals surface area (Å²) in [5, 5.41) is 10.2. The zero-order valence-corrected chi connectivity index (χ0v) is 20.9. The third kappa shape index (κ3) is 3.74. The Kier molecular flexibility index (Phi) is 6.53. The average molecular weight is 415 g/mol. The molecule has 0 aromatic rings. The number of allylic oxidation sites excluding steroid dienone is 1. The van der Waals surface area contributed by atoms with Crippen LogP contribution in [0.3, 0.4) is 0 Å². The summed E-state index contributed by atoms with van der Waals surface area (Å²) in [6, 6.07) is 0. The van der Waals surface area contributed by atoms with Gasteiger partial charge in [0.2, 0.25) is 0 Å². The minimum Gasteiger partial charge on any atom is -0.393 e. The van der Waals surface area contributed by atoms with Crippen LogP contribution < -0.4 is 0 Å². The SMILES string of the molecule is CC[C@@H](CCC(C)[C@H]1CC[C@H]2[C@@H]3CC=C4C[C@H](O)CC[C@]4(C)[C@H]3CC[C@]12C)C(C)C. The number of hydrogen-bond donors (Lipinski definition) is 1. The summed E-state index contributed by atoms with van der Waals surface area (Å²) < 4.78 is 0. The highest BCUT2D eigenvalue weighted by Crippen LogP contribution is 2.67. The molecule has 30 heavy (non-hydrogen) atoms. The van der Waals surface area contributed by atoms with E-state index < -0.39 is 0 Å². The van der Waals surface area contributed by atoms with Gasteiger partial charge in [0.05, 0.1) is 6.10 Å². The second-order valence-corrected chi connectivity index (χ2v) is 12.9. The van der Waals surface area contributed by atoms with Gasteiger partial charge in [0.15, 0.2) is 0 Å². The fraction of sp³-hybridized carbons (Fsp3) is 0.931. The zero-order valence-electron chi connectivity index (χ0n) is 20.9. The largest absolute Gasteiger partial charge is 0.393 e. The number of rotatable bonds is 6. The molecule has 4 rings (SSSR count). The van der Waals surface area contributed by atoms with Gasteiger partial charge in [-0.25, -0.2) is 0 Å². The van der Waals surface area contributed by atoms with Crippen LogP contribution in [0, 0.1) is 52.3 Å². The van der Waals surface area contributed by atoms with Crippen LogP contribution in [0.15, 0.2) is 11.6 Å². The highest BCUT2D eigenvalue weighted by Gasteiger charge is 2.59. The second-order valence-electron chi connectivity index (χ2n) is 12.9. The van der Waals surface area contributed by atoms with E-state index in [1.165, 1.54) is 57.8 Å². The number of aliphatic hydroxyl groups is 1. The molecular weight excluding hydrogens is 364 g/mol. The van der Waals surface area contributed by atoms with Gasteiger partial charge in [-0.3, -0.25) is 0 Å². The monoisotopic (exact) mass is 414 g/mol. The molecule has 0 aromatic carbocycles. The lowest BCUT2D eigenvalue weighted by atomic mass is 9.47. The van der Waals surface area contributed by atoms with E-state index in [0.717, 1.165) is 54.3 Å². The van der Waals surface area contributed by atoms with E-state index in [9.17, 15) is 5.11 Å². The first kappa shape index (κ1) is 22.9. The van der Waals surface area contributed by atoms with Crippen molar-refractivity contribution in [2.24, 2.45) is 52.3 Å². The molecule has 0 amide bonds. The van der Waals surface area contributed by atoms with Crippen molar-refractivity contribution < 1.29 is 5.11 Å². The molecule has 1 heteroatoms. The first-order valence-corrected chi connectivity index (χ1v) is 13.6. The number of aliphatic hydroxyl groups excluding tert-OH is 1. The van der Waals surface area contributed by atoms with E-state index in [2.05, 4.69) is 47.6 Å². The molecule has 0 radical (unpaired) electrons. The third-order valence-corrected chi connectivity index (χ3v) is 11.3. The lowest BCUT2D eigenvalue weighted by Crippen LogP contribution is -2.50. The van der Waals surface area contributed by atoms with Crippen LogP contribution in [0.1, 0.15) is 112 Å². The Labute approximate surface area is 187 Å². The van der Waals surface area contributed by atoms with Crippen molar-refractivity contribution in [3.63, 3.8) is 0 Å². The molecule has 0 aromatic heterocycles. The molecule has 4 aliphatic carbocycles. The van der Waals surface area contributed by atoms with Crippen LogP contribution in [0.5, 0.6) is 0 Å². The van der Waals surface area contributed by atoms with E-state index >= 15 is 0 Å². The summed E-state index contributed by atoms with van der Waals surface area (Å²) in [5.41, 5.74) is 2.59. The van der Waals surface area contributed by atoms with E-state index in [0.29, 0.717) is 10.8 Å². The number of fused-ring (bicyclic) bond motifs is 5. The van der Waals surface area contributed by atoms with Gasteiger partial charge in [0, 0.05) is 0 Å². The van der Waals surface area contributed by atoms with Crippen LogP contribution >= 0.6 is 0 Å². The molecule has 3 saturated carbocycles. The van der Waals surface area contributed by atoms with Gasteiger partial charge in [-0.1, -0.05) is 66.0 Å². The fourth-order valence-electron chi connectivity index (χ4n) is 9.30. The Morgan fingerprint density at radius 1 is 1.00 bits per heavy atom. The van der Waals surface area contributed by atoms with Crippen molar-refractivity contribution in [1.29, 1.82) is 0 Å². The Balaban J connectivity index is 1.47. The average Bonchev–Trinajstić information content (AvgIpc) is 3.06. The van der Waals surface area contributed by atoms with Crippen molar-refractivity contribution >= 4 is 0 Å². The lowest BCUT2D eigenvalue weighted by molar-refractivity contribution is -0.0575. The van der Waals surface area contributed by atoms with Crippen LogP contribution in [0.25, 0.3) is 0 Å². The topological polar surface area (TPSA) is 20.2 Å². The van der Waals surface area contributed by atoms with Gasteiger partial charge in [0.1, 0.15) is 0 Å². The zero-order chi connectivity index (χ0) is 21.7. The third-order valence-electron chi connectivity index (χ3n) is 11.3. The molecule has 4 aliphatic rings. The van der Waals surface area contributed by atoms with E-state index in [1.807, 2.05) is 0 Å². The molecule has 172 valence electrons. The molecule has 0 heterocycles. The van der Waals surface area contributed by atoms with E-state index in [4.69, 9.17) is 0 Å². The van der Waals surface area contributed by atoms with Crippen molar-refractivity contribution in [3.8, 4) is 0 Å². The summed E-state index contributed by atoms with van der Waals surface area (Å²) in [7, 11) is 0. The standard InChI is InChI=1S/C29H50O/c1-7-21(19(2)3)9-8-20(4)25-12-13-26-24-11-10-22-18-23(30)14-16-28(22,5)27(24)15-17-29(25,26)6/h10,19-21,23-27,30H,7-9,11-18H2,1-6H3/t20?,21-,23+,24-,25+,26-,27-,28-,29+/m0/s1. The summed E-state index contributed by atoms with van der Waals surface area (Å²) >= 11 is 0. The van der Waals surface area contributed by atoms with Crippen molar-refractivity contribution in [1.82, 2.24) is 0 Å².